The normalized spacial score (nSPS) is 25.0. The quantitative estimate of drug-likeness (QED) is 0.569. The van der Waals surface area contributed by atoms with Gasteiger partial charge in [0.2, 0.25) is 0 Å². The van der Waals surface area contributed by atoms with E-state index in [1.165, 1.54) is 12.4 Å². The zero-order valence-corrected chi connectivity index (χ0v) is 15.6. The average Bonchev–Trinajstić information content (AvgIpc) is 2.90. The molecule has 10 nitrogen and oxygen atoms in total. The van der Waals surface area contributed by atoms with Gasteiger partial charge in [-0.15, -0.1) is 0 Å². The van der Waals surface area contributed by atoms with Gasteiger partial charge in [-0.3, -0.25) is 15.1 Å². The lowest BCUT2D eigenvalue weighted by Crippen LogP contribution is -2.56. The second-order valence-corrected chi connectivity index (χ2v) is 7.77. The molecule has 0 spiro atoms. The molecule has 0 N–H and O–H groups in total. The Morgan fingerprint density at radius 2 is 2.11 bits per heavy atom. The van der Waals surface area contributed by atoms with Crippen LogP contribution < -0.4 is 4.90 Å². The number of pyridine rings is 1. The van der Waals surface area contributed by atoms with Gasteiger partial charge < -0.3 is 14.4 Å². The molecule has 0 bridgehead atoms. The summed E-state index contributed by atoms with van der Waals surface area (Å²) in [5, 5.41) is 11.3. The third-order valence-electron chi connectivity index (χ3n) is 4.53. The number of rotatable bonds is 2. The number of fused-ring (bicyclic) bond motifs is 1. The Bertz CT molecular complexity index is 777. The van der Waals surface area contributed by atoms with Crippen LogP contribution in [-0.2, 0) is 9.47 Å². The monoisotopic (exact) mass is 378 g/mol. The number of piperidine rings is 1. The maximum absolute atomic E-state index is 12.5. The first-order valence-corrected chi connectivity index (χ1v) is 8.64. The largest absolute Gasteiger partial charge is 0.443 e. The van der Waals surface area contributed by atoms with E-state index in [1.54, 1.807) is 31.7 Å². The molecule has 0 saturated carbocycles. The SMILES string of the molecule is C[C@H]1CN(c2ccncc2[N+](=O)[O-])CC2C1OC(=O)N2C(=O)OC(C)(C)C. The predicted octanol–water partition coefficient (Wildman–Crippen LogP) is 2.57. The summed E-state index contributed by atoms with van der Waals surface area (Å²) in [6.07, 6.45) is 0.646. The van der Waals surface area contributed by atoms with Gasteiger partial charge in [-0.2, -0.15) is 0 Å². The Balaban J connectivity index is 1.89. The Morgan fingerprint density at radius 3 is 2.74 bits per heavy atom. The van der Waals surface area contributed by atoms with Crippen molar-refractivity contribution in [1.29, 1.82) is 0 Å². The summed E-state index contributed by atoms with van der Waals surface area (Å²) in [6, 6.07) is 0.963. The van der Waals surface area contributed by atoms with Crippen molar-refractivity contribution in [2.24, 2.45) is 5.92 Å². The third kappa shape index (κ3) is 3.64. The molecule has 0 radical (unpaired) electrons. The van der Waals surface area contributed by atoms with Crippen molar-refractivity contribution >= 4 is 23.6 Å². The van der Waals surface area contributed by atoms with Crippen molar-refractivity contribution in [2.75, 3.05) is 18.0 Å². The molecule has 1 aromatic heterocycles. The molecule has 3 atom stereocenters. The molecule has 10 heteroatoms. The molecule has 146 valence electrons. The lowest BCUT2D eigenvalue weighted by atomic mass is 9.92. The fraction of sp³-hybridized carbons (Fsp3) is 0.588. The smallest absolute Gasteiger partial charge is 0.420 e. The summed E-state index contributed by atoms with van der Waals surface area (Å²) in [7, 11) is 0. The summed E-state index contributed by atoms with van der Waals surface area (Å²) >= 11 is 0. The van der Waals surface area contributed by atoms with Crippen LogP contribution in [0.3, 0.4) is 0 Å². The molecular weight excluding hydrogens is 356 g/mol. The van der Waals surface area contributed by atoms with Crippen molar-refractivity contribution in [3.63, 3.8) is 0 Å². The van der Waals surface area contributed by atoms with Crippen LogP contribution in [0.4, 0.5) is 21.0 Å². The molecule has 2 aliphatic heterocycles. The highest BCUT2D eigenvalue weighted by Crippen LogP contribution is 2.36. The first kappa shape index (κ1) is 18.9. The van der Waals surface area contributed by atoms with Gasteiger partial charge in [0.15, 0.2) is 0 Å². The number of hydrogen-bond donors (Lipinski definition) is 0. The lowest BCUT2D eigenvalue weighted by molar-refractivity contribution is -0.384. The number of nitro groups is 1. The van der Waals surface area contributed by atoms with Gasteiger partial charge in [0.05, 0.1) is 4.92 Å². The minimum atomic E-state index is -0.779. The van der Waals surface area contributed by atoms with Gasteiger partial charge in [0, 0.05) is 25.2 Å². The Hall–Kier alpha value is -2.91. The van der Waals surface area contributed by atoms with E-state index in [-0.39, 0.29) is 18.2 Å². The van der Waals surface area contributed by atoms with Gasteiger partial charge in [0.25, 0.3) is 0 Å². The number of hydrogen-bond acceptors (Lipinski definition) is 8. The van der Waals surface area contributed by atoms with Crippen LogP contribution in [0.15, 0.2) is 18.5 Å². The highest BCUT2D eigenvalue weighted by atomic mass is 16.6. The first-order valence-electron chi connectivity index (χ1n) is 8.64. The van der Waals surface area contributed by atoms with Crippen LogP contribution >= 0.6 is 0 Å². The van der Waals surface area contributed by atoms with E-state index in [0.717, 1.165) is 4.90 Å². The third-order valence-corrected chi connectivity index (χ3v) is 4.53. The summed E-state index contributed by atoms with van der Waals surface area (Å²) in [4.78, 5) is 42.2. The number of anilines is 1. The average molecular weight is 378 g/mol. The van der Waals surface area contributed by atoms with Crippen LogP contribution in [-0.4, -0.2) is 57.8 Å². The van der Waals surface area contributed by atoms with Crippen molar-refractivity contribution in [3.05, 3.63) is 28.6 Å². The highest BCUT2D eigenvalue weighted by molar-refractivity contribution is 5.90. The van der Waals surface area contributed by atoms with Crippen LogP contribution in [0.5, 0.6) is 0 Å². The number of amides is 2. The second kappa shape index (κ2) is 6.67. The Morgan fingerprint density at radius 1 is 1.41 bits per heavy atom. The highest BCUT2D eigenvalue weighted by Gasteiger charge is 2.52. The summed E-state index contributed by atoms with van der Waals surface area (Å²) in [6.45, 7) is 7.66. The number of carbonyl (C=O) groups excluding carboxylic acids is 2. The van der Waals surface area contributed by atoms with Gasteiger partial charge in [-0.25, -0.2) is 14.5 Å². The van der Waals surface area contributed by atoms with E-state index >= 15 is 0 Å². The fourth-order valence-electron chi connectivity index (χ4n) is 3.47. The summed E-state index contributed by atoms with van der Waals surface area (Å²) < 4.78 is 10.7. The molecule has 27 heavy (non-hydrogen) atoms. The minimum absolute atomic E-state index is 0.128. The van der Waals surface area contributed by atoms with Crippen LogP contribution in [0.25, 0.3) is 0 Å². The van der Waals surface area contributed by atoms with Crippen molar-refractivity contribution in [3.8, 4) is 0 Å². The number of imide groups is 1. The van der Waals surface area contributed by atoms with E-state index in [1.807, 2.05) is 6.92 Å². The molecule has 2 saturated heterocycles. The number of nitrogens with zero attached hydrogens (tertiary/aromatic N) is 4. The predicted molar refractivity (Wildman–Crippen MR) is 94.4 cm³/mol. The van der Waals surface area contributed by atoms with Crippen LogP contribution in [0, 0.1) is 16.0 Å². The van der Waals surface area contributed by atoms with Crippen molar-refractivity contribution < 1.29 is 24.0 Å². The summed E-state index contributed by atoms with van der Waals surface area (Å²) in [5.74, 6) is -0.132. The van der Waals surface area contributed by atoms with E-state index in [4.69, 9.17) is 9.47 Å². The summed E-state index contributed by atoms with van der Waals surface area (Å²) in [5.41, 5.74) is -0.500. The van der Waals surface area contributed by atoms with Crippen molar-refractivity contribution in [1.82, 2.24) is 9.88 Å². The van der Waals surface area contributed by atoms with Gasteiger partial charge in [-0.1, -0.05) is 6.92 Å². The maximum atomic E-state index is 12.5. The molecule has 3 heterocycles. The molecule has 2 unspecified atom stereocenters. The first-order chi connectivity index (χ1) is 12.6. The molecular formula is C17H22N4O6. The van der Waals surface area contributed by atoms with Gasteiger partial charge >= 0.3 is 17.9 Å². The Labute approximate surface area is 156 Å². The molecule has 2 amide bonds. The molecule has 2 fully saturated rings. The zero-order valence-electron chi connectivity index (χ0n) is 15.6. The van der Waals surface area contributed by atoms with E-state index in [0.29, 0.717) is 12.2 Å². The number of aromatic nitrogens is 1. The molecule has 1 aromatic rings. The van der Waals surface area contributed by atoms with Crippen LogP contribution in [0.2, 0.25) is 0 Å². The standard InChI is InChI=1S/C17H22N4O6/c1-10-8-19(11-5-6-18-7-12(11)21(24)25)9-13-14(10)26-15(22)20(13)16(23)27-17(2,3)4/h5-7,10,13-14H,8-9H2,1-4H3/t10-,13?,14?/m0/s1. The molecule has 3 rings (SSSR count). The second-order valence-electron chi connectivity index (χ2n) is 7.77. The molecule has 2 aliphatic rings. The number of carbonyl (C=O) groups is 2. The van der Waals surface area contributed by atoms with Gasteiger partial charge in [0.1, 0.15) is 29.6 Å². The van der Waals surface area contributed by atoms with E-state index in [9.17, 15) is 19.7 Å². The topological polar surface area (TPSA) is 115 Å². The van der Waals surface area contributed by atoms with Crippen LogP contribution in [0.1, 0.15) is 27.7 Å². The van der Waals surface area contributed by atoms with Gasteiger partial charge in [-0.05, 0) is 26.8 Å². The van der Waals surface area contributed by atoms with Crippen molar-refractivity contribution in [2.45, 2.75) is 45.4 Å². The number of ether oxygens (including phenoxy) is 2. The molecule has 0 aromatic carbocycles. The fourth-order valence-corrected chi connectivity index (χ4v) is 3.47. The van der Waals surface area contributed by atoms with E-state index in [2.05, 4.69) is 4.98 Å². The minimum Gasteiger partial charge on any atom is -0.443 e. The maximum Gasteiger partial charge on any atom is 0.420 e. The Kier molecular flexibility index (Phi) is 4.66. The lowest BCUT2D eigenvalue weighted by Gasteiger charge is -2.39. The zero-order chi connectivity index (χ0) is 19.9. The van der Waals surface area contributed by atoms with E-state index < -0.39 is 34.9 Å². The molecule has 0 aliphatic carbocycles.